The molecule has 562 valence electrons. The van der Waals surface area contributed by atoms with Crippen molar-refractivity contribution in [1.29, 1.82) is 0 Å². The van der Waals surface area contributed by atoms with Crippen LogP contribution in [0.1, 0.15) is 123 Å². The van der Waals surface area contributed by atoms with Crippen LogP contribution in [0.25, 0.3) is 11.1 Å². The topological polar surface area (TPSA) is 262 Å². The van der Waals surface area contributed by atoms with Gasteiger partial charge in [-0.25, -0.2) is 9.59 Å². The van der Waals surface area contributed by atoms with Gasteiger partial charge in [-0.3, -0.25) is 58.9 Å². The number of anilines is 2. The quantitative estimate of drug-likeness (QED) is 0.0714. The van der Waals surface area contributed by atoms with E-state index >= 15 is 0 Å². The van der Waals surface area contributed by atoms with Gasteiger partial charge in [-0.2, -0.15) is 0 Å². The number of fused-ring (bicyclic) bond motifs is 2. The number of imide groups is 2. The molecule has 14 rings (SSSR count). The lowest BCUT2D eigenvalue weighted by molar-refractivity contribution is -0.138. The number of nitrogens with one attached hydrogen (secondary N) is 3. The lowest BCUT2D eigenvalue weighted by atomic mass is 9.92. The number of likely N-dealkylation sites (tertiary alicyclic amines) is 1. The van der Waals surface area contributed by atoms with Crippen molar-refractivity contribution >= 4 is 76.3 Å². The summed E-state index contributed by atoms with van der Waals surface area (Å²) in [6.45, 7) is 17.4. The first kappa shape index (κ1) is 75.1. The second kappa shape index (κ2) is 33.7. The number of aldehydes is 1. The minimum atomic E-state index is -0.591. The number of nitrogens with zero attached hydrogens (tertiary/aromatic N) is 11. The standard InChI is InChI=1S/C39H51N7O6.C24H33N5O3.C15H18N2O4/c1-41-22-29(23-42(2)39(41)50)27-20-34(51-3)32(35(21-27)52-4)25-44-13-10-26(11-14-44)9-12-43-15-17-45(18-16-43)30-5-6-31-28(19-30)24-46(38(31)49)33-7-8-36(47)40-37(33)48;30-22-4-3-21(23(31)26-22)29-16-18-15-19(1-2-20(18)24(29)32)28-13-11-27(12-14-28)10-7-17-5-8-25-9-6-17;1-16-7-11(8-17(2)15(16)19)10-5-13(20-3)12(9-18)14(6-10)21-4/h5-6,19-22,26,33H,7-18,23-25H2,1-4H3,(H,40,47,48);1-2,15,17,21,25H,3-14,16H2,(H,26,30,31);5-7,9H,8H2,1-4H3. The van der Waals surface area contributed by atoms with Crippen LogP contribution in [0.5, 0.6) is 23.0 Å². The van der Waals surface area contributed by atoms with Crippen LogP contribution in [-0.4, -0.2) is 271 Å². The number of piperidine rings is 4. The molecule has 10 aliphatic rings. The summed E-state index contributed by atoms with van der Waals surface area (Å²) in [4.78, 5) is 131. The van der Waals surface area contributed by atoms with Gasteiger partial charge >= 0.3 is 12.1 Å². The summed E-state index contributed by atoms with van der Waals surface area (Å²) in [7, 11) is 13.4. The van der Waals surface area contributed by atoms with Gasteiger partial charge in [0.2, 0.25) is 23.6 Å². The molecular formula is C78H102N14O13. The molecule has 6 saturated heterocycles. The van der Waals surface area contributed by atoms with E-state index in [-0.39, 0.29) is 60.3 Å². The van der Waals surface area contributed by atoms with Crippen LogP contribution in [0.2, 0.25) is 0 Å². The minimum absolute atomic E-state index is 0.0274. The third-order valence-corrected chi connectivity index (χ3v) is 22.5. The Kier molecular flexibility index (Phi) is 24.1. The van der Waals surface area contributed by atoms with Gasteiger partial charge in [0.05, 0.1) is 39.6 Å². The van der Waals surface area contributed by atoms with Gasteiger partial charge in [-0.05, 0) is 197 Å². The zero-order chi connectivity index (χ0) is 74.2. The van der Waals surface area contributed by atoms with Gasteiger partial charge in [0.1, 0.15) is 35.1 Å². The van der Waals surface area contributed by atoms with Crippen LogP contribution in [0.4, 0.5) is 21.0 Å². The number of piperazine rings is 2. The predicted octanol–water partition coefficient (Wildman–Crippen LogP) is 6.04. The first-order valence-electron chi connectivity index (χ1n) is 37.0. The Bertz CT molecular complexity index is 3950. The molecule has 105 heavy (non-hydrogen) atoms. The highest BCUT2D eigenvalue weighted by atomic mass is 16.5. The minimum Gasteiger partial charge on any atom is -0.496 e. The molecule has 4 aromatic rings. The summed E-state index contributed by atoms with van der Waals surface area (Å²) in [5.74, 6) is 2.58. The molecule has 2 unspecified atom stereocenters. The Balaban J connectivity index is 0.000000165. The van der Waals surface area contributed by atoms with Crippen LogP contribution in [0, 0.1) is 11.8 Å². The molecule has 0 saturated carbocycles. The van der Waals surface area contributed by atoms with Crippen molar-refractivity contribution in [1.82, 2.24) is 60.0 Å². The van der Waals surface area contributed by atoms with Gasteiger partial charge in [0, 0.05) is 161 Å². The first-order valence-corrected chi connectivity index (χ1v) is 37.0. The molecule has 10 amide bonds. The molecule has 0 radical (unpaired) electrons. The largest absolute Gasteiger partial charge is 0.496 e. The van der Waals surface area contributed by atoms with Gasteiger partial charge in [0.15, 0.2) is 6.29 Å². The van der Waals surface area contributed by atoms with Gasteiger partial charge in [0.25, 0.3) is 11.8 Å². The van der Waals surface area contributed by atoms with E-state index in [1.165, 1.54) is 77.3 Å². The van der Waals surface area contributed by atoms with E-state index in [0.717, 1.165) is 146 Å². The summed E-state index contributed by atoms with van der Waals surface area (Å²) in [6.07, 6.45) is 13.2. The molecule has 2 atom stereocenters. The summed E-state index contributed by atoms with van der Waals surface area (Å²) in [5, 5.41) is 8.19. The van der Waals surface area contributed by atoms with Crippen LogP contribution in [0.15, 0.2) is 73.1 Å². The zero-order valence-electron chi connectivity index (χ0n) is 62.0. The van der Waals surface area contributed by atoms with Crippen molar-refractivity contribution < 1.29 is 62.1 Å². The van der Waals surface area contributed by atoms with Crippen molar-refractivity contribution in [3.05, 3.63) is 118 Å². The second-order valence-electron chi connectivity index (χ2n) is 29.2. The number of hydrogen-bond acceptors (Lipinski definition) is 19. The fourth-order valence-electron chi connectivity index (χ4n) is 16.3. The van der Waals surface area contributed by atoms with E-state index in [9.17, 15) is 43.2 Å². The number of carbonyl (C=O) groups excluding carboxylic acids is 9. The van der Waals surface area contributed by atoms with Crippen molar-refractivity contribution in [2.45, 2.75) is 95.9 Å². The maximum atomic E-state index is 13.1. The van der Waals surface area contributed by atoms with Crippen molar-refractivity contribution in [3.8, 4) is 23.0 Å². The number of hydrogen-bond donors (Lipinski definition) is 3. The van der Waals surface area contributed by atoms with E-state index in [2.05, 4.69) is 64.7 Å². The van der Waals surface area contributed by atoms with Gasteiger partial charge < -0.3 is 63.5 Å². The van der Waals surface area contributed by atoms with Crippen molar-refractivity contribution in [2.24, 2.45) is 11.8 Å². The number of rotatable bonds is 19. The van der Waals surface area contributed by atoms with Crippen LogP contribution in [-0.2, 0) is 38.8 Å². The molecule has 0 aliphatic carbocycles. The molecule has 4 aromatic carbocycles. The molecular weight excluding hydrogens is 1340 g/mol. The Morgan fingerprint density at radius 3 is 1.27 bits per heavy atom. The maximum Gasteiger partial charge on any atom is 0.323 e. The molecule has 0 spiro atoms. The summed E-state index contributed by atoms with van der Waals surface area (Å²) in [5.41, 5.74) is 10.8. The Morgan fingerprint density at radius 2 is 0.876 bits per heavy atom. The van der Waals surface area contributed by atoms with Crippen LogP contribution < -0.4 is 44.7 Å². The van der Waals surface area contributed by atoms with E-state index in [1.807, 2.05) is 37.5 Å². The van der Waals surface area contributed by atoms with E-state index in [4.69, 9.17) is 18.9 Å². The number of urea groups is 2. The average Bonchev–Trinajstić information content (AvgIpc) is 1.62. The van der Waals surface area contributed by atoms with Gasteiger partial charge in [-0.15, -0.1) is 0 Å². The number of amides is 10. The molecule has 10 aliphatic heterocycles. The fourth-order valence-corrected chi connectivity index (χ4v) is 16.3. The van der Waals surface area contributed by atoms with Crippen molar-refractivity contribution in [3.63, 3.8) is 0 Å². The fraction of sp³-hybridized carbons (Fsp3) is 0.526. The lowest BCUT2D eigenvalue weighted by Crippen LogP contribution is -2.52. The Hall–Kier alpha value is -9.57. The molecule has 27 nitrogen and oxygen atoms in total. The number of likely N-dealkylation sites (N-methyl/N-ethyl adjacent to an activating group) is 2. The highest BCUT2D eigenvalue weighted by Gasteiger charge is 2.42. The lowest BCUT2D eigenvalue weighted by Gasteiger charge is -2.38. The maximum absolute atomic E-state index is 13.1. The third-order valence-electron chi connectivity index (χ3n) is 22.5. The first-order chi connectivity index (χ1) is 50.7. The Morgan fingerprint density at radius 1 is 0.467 bits per heavy atom. The van der Waals surface area contributed by atoms with Crippen molar-refractivity contribution in [2.75, 3.05) is 171 Å². The van der Waals surface area contributed by atoms with E-state index in [0.29, 0.717) is 79.4 Å². The summed E-state index contributed by atoms with van der Waals surface area (Å²) >= 11 is 0. The number of benzene rings is 4. The molecule has 27 heteroatoms. The van der Waals surface area contributed by atoms with Gasteiger partial charge in [-0.1, -0.05) is 0 Å². The van der Waals surface area contributed by atoms with Crippen LogP contribution in [0.3, 0.4) is 0 Å². The van der Waals surface area contributed by atoms with Crippen LogP contribution >= 0.6 is 0 Å². The second-order valence-corrected chi connectivity index (χ2v) is 29.2. The average molecular weight is 1440 g/mol. The third kappa shape index (κ3) is 17.2. The highest BCUT2D eigenvalue weighted by Crippen LogP contribution is 2.39. The highest BCUT2D eigenvalue weighted by molar-refractivity contribution is 6.07. The van der Waals surface area contributed by atoms with E-state index < -0.39 is 12.1 Å². The smallest absolute Gasteiger partial charge is 0.323 e. The van der Waals surface area contributed by atoms with E-state index in [1.54, 1.807) is 78.2 Å². The monoisotopic (exact) mass is 1440 g/mol. The molecule has 3 N–H and O–H groups in total. The SMILES string of the molecule is COc1cc(C2=CN(C)C(=O)N(C)C2)cc(OC)c1C=O.COc1cc(C2=CN(C)C(=O)N(C)C2)cc(OC)c1CN1CCC(CCN2CCN(c3ccc4c(c3)CN(C3CCC(=O)NC3=O)C4=O)CC2)CC1.O=C1CCC(N2Cc3cc(N4CCN(CCC5CCNCC5)CC4)ccc3C2=O)C(=O)N1. The molecule has 0 bridgehead atoms. The predicted molar refractivity (Wildman–Crippen MR) is 397 cm³/mol. The summed E-state index contributed by atoms with van der Waals surface area (Å²) in [6, 6.07) is 18.5. The Labute approximate surface area is 615 Å². The molecule has 0 aromatic heterocycles. The molecule has 6 fully saturated rings. The number of ether oxygens (including phenoxy) is 4. The molecule has 10 heterocycles. The zero-order valence-corrected chi connectivity index (χ0v) is 62.0. The number of carbonyl (C=O) groups is 9. The normalized spacial score (nSPS) is 21.6. The summed E-state index contributed by atoms with van der Waals surface area (Å²) < 4.78 is 22.3. The number of methoxy groups -OCH3 is 4.